The maximum Gasteiger partial charge on any atom is 0.328 e. The van der Waals surface area contributed by atoms with E-state index in [1.54, 1.807) is 6.92 Å². The van der Waals surface area contributed by atoms with Crippen molar-refractivity contribution >= 4 is 17.8 Å². The van der Waals surface area contributed by atoms with Gasteiger partial charge in [-0.05, 0) is 56.6 Å². The number of unbranched alkanes of at least 4 members (excludes halogenated alkanes) is 16. The number of carbonyl (C=O) groups excluding carboxylic acids is 3. The molecule has 7 nitrogen and oxygen atoms in total. The summed E-state index contributed by atoms with van der Waals surface area (Å²) in [6.07, 6.45) is 27.7. The van der Waals surface area contributed by atoms with Gasteiger partial charge in [-0.2, -0.15) is 0 Å². The molecular formula is C42H68N3O4+. The fourth-order valence-electron chi connectivity index (χ4n) is 6.21. The minimum absolute atomic E-state index is 0.0818. The Labute approximate surface area is 298 Å². The highest BCUT2D eigenvalue weighted by Crippen LogP contribution is 2.17. The quantitative estimate of drug-likeness (QED) is 0.0490. The number of rotatable bonds is 30. The van der Waals surface area contributed by atoms with E-state index >= 15 is 0 Å². The number of carbonyl (C=O) groups is 3. The van der Waals surface area contributed by atoms with Gasteiger partial charge in [-0.15, -0.1) is 0 Å². The minimum atomic E-state index is -0.620. The molecule has 1 aromatic heterocycles. The molecule has 0 aliphatic heterocycles. The molecule has 49 heavy (non-hydrogen) atoms. The molecule has 2 N–H and O–H groups in total. The van der Waals surface area contributed by atoms with Crippen molar-refractivity contribution in [2.24, 2.45) is 0 Å². The zero-order valence-corrected chi connectivity index (χ0v) is 31.0. The van der Waals surface area contributed by atoms with Crippen molar-refractivity contribution in [2.45, 2.75) is 168 Å². The van der Waals surface area contributed by atoms with Crippen LogP contribution in [0.15, 0.2) is 54.9 Å². The molecule has 274 valence electrons. The van der Waals surface area contributed by atoms with Crippen LogP contribution in [0.1, 0.15) is 155 Å². The lowest BCUT2D eigenvalue weighted by Gasteiger charge is -2.17. The Balaban J connectivity index is 1.46. The second-order valence-corrected chi connectivity index (χ2v) is 13.6. The summed E-state index contributed by atoms with van der Waals surface area (Å²) in [4.78, 5) is 37.2. The van der Waals surface area contributed by atoms with Crippen LogP contribution in [-0.4, -0.2) is 37.0 Å². The number of benzene rings is 1. The molecule has 0 aliphatic rings. The summed E-state index contributed by atoms with van der Waals surface area (Å²) in [6.45, 7) is 5.96. The van der Waals surface area contributed by atoms with Gasteiger partial charge in [0.25, 0.3) is 0 Å². The average Bonchev–Trinajstić information content (AvgIpc) is 3.11. The number of esters is 1. The normalized spacial score (nSPS) is 11.6. The molecule has 0 radical (unpaired) electrons. The number of amides is 2. The first-order valence-corrected chi connectivity index (χ1v) is 19.8. The van der Waals surface area contributed by atoms with E-state index in [4.69, 9.17) is 4.74 Å². The number of ether oxygens (including phenoxy) is 1. The number of aryl methyl sites for hydroxylation is 1. The van der Waals surface area contributed by atoms with Crippen LogP contribution in [0.25, 0.3) is 11.1 Å². The van der Waals surface area contributed by atoms with Crippen LogP contribution in [-0.2, 0) is 25.7 Å². The van der Waals surface area contributed by atoms with Gasteiger partial charge in [0.05, 0.1) is 6.61 Å². The van der Waals surface area contributed by atoms with Gasteiger partial charge in [-0.1, -0.05) is 121 Å². The van der Waals surface area contributed by atoms with Crippen molar-refractivity contribution in [1.82, 2.24) is 10.6 Å². The lowest BCUT2D eigenvalue weighted by molar-refractivity contribution is -0.697. The van der Waals surface area contributed by atoms with Crippen molar-refractivity contribution in [3.05, 3.63) is 54.9 Å². The number of nitrogens with zero attached hydrogens (tertiary/aromatic N) is 1. The Hall–Kier alpha value is -3.22. The van der Waals surface area contributed by atoms with Gasteiger partial charge in [-0.25, -0.2) is 9.36 Å². The summed E-state index contributed by atoms with van der Waals surface area (Å²) in [7, 11) is 0. The third-order valence-electron chi connectivity index (χ3n) is 9.22. The smallest absolute Gasteiger partial charge is 0.328 e. The zero-order valence-electron chi connectivity index (χ0n) is 31.0. The molecule has 0 saturated carbocycles. The minimum Gasteiger partial charge on any atom is -0.464 e. The molecule has 0 spiro atoms. The maximum atomic E-state index is 12.6. The van der Waals surface area contributed by atoms with Crippen molar-refractivity contribution in [1.29, 1.82) is 0 Å². The lowest BCUT2D eigenvalue weighted by atomic mass is 10.1. The summed E-state index contributed by atoms with van der Waals surface area (Å²) < 4.78 is 7.48. The third kappa shape index (κ3) is 21.5. The van der Waals surface area contributed by atoms with E-state index in [1.165, 1.54) is 88.2 Å². The van der Waals surface area contributed by atoms with Gasteiger partial charge in [-0.3, -0.25) is 9.59 Å². The summed E-state index contributed by atoms with van der Waals surface area (Å²) in [6, 6.07) is 14.2. The molecular weight excluding hydrogens is 610 g/mol. The van der Waals surface area contributed by atoms with Gasteiger partial charge in [0.1, 0.15) is 12.6 Å². The number of aromatic nitrogens is 1. The summed E-state index contributed by atoms with van der Waals surface area (Å²) in [5.41, 5.74) is 2.50. The van der Waals surface area contributed by atoms with Crippen molar-refractivity contribution in [3.8, 4) is 11.1 Å². The van der Waals surface area contributed by atoms with Gasteiger partial charge >= 0.3 is 5.97 Å². The monoisotopic (exact) mass is 679 g/mol. The van der Waals surface area contributed by atoms with Crippen molar-refractivity contribution in [2.75, 3.05) is 13.2 Å². The third-order valence-corrected chi connectivity index (χ3v) is 9.22. The van der Waals surface area contributed by atoms with Gasteiger partial charge < -0.3 is 15.4 Å². The van der Waals surface area contributed by atoms with Crippen LogP contribution in [0.3, 0.4) is 0 Å². The maximum absolute atomic E-state index is 12.6. The molecule has 2 amide bonds. The van der Waals surface area contributed by atoms with E-state index in [-0.39, 0.29) is 17.8 Å². The van der Waals surface area contributed by atoms with Crippen LogP contribution < -0.4 is 15.2 Å². The standard InChI is InChI=1S/C42H67N3O4/c1-3-5-6-7-8-9-12-15-21-29-40(46)43-33-24-23-28-39(42(48)49-4-2)44-41(47)30-22-16-13-10-11-14-17-25-34-45-35-31-38(32-36-45)37-26-19-18-20-27-37/h18-20,26-27,31-32,35-36,39H,3-17,21-25,28-30,33-34H2,1-2H3,(H-,43,44,46,47)/p+1/t39-/m0/s1. The first kappa shape index (κ1) is 41.9. The van der Waals surface area contributed by atoms with E-state index < -0.39 is 6.04 Å². The molecule has 1 aromatic carbocycles. The summed E-state index contributed by atoms with van der Waals surface area (Å²) >= 11 is 0. The highest BCUT2D eigenvalue weighted by molar-refractivity contribution is 5.84. The van der Waals surface area contributed by atoms with Gasteiger partial charge in [0.15, 0.2) is 12.4 Å². The van der Waals surface area contributed by atoms with Crippen LogP contribution in [0.4, 0.5) is 0 Å². The molecule has 0 fully saturated rings. The predicted octanol–water partition coefficient (Wildman–Crippen LogP) is 9.41. The Bertz CT molecular complexity index is 1120. The highest BCUT2D eigenvalue weighted by Gasteiger charge is 2.21. The molecule has 1 atom stereocenters. The van der Waals surface area contributed by atoms with Crippen molar-refractivity contribution < 1.29 is 23.7 Å². The second-order valence-electron chi connectivity index (χ2n) is 13.6. The Morgan fingerprint density at radius 3 is 1.73 bits per heavy atom. The Morgan fingerprint density at radius 1 is 0.612 bits per heavy atom. The van der Waals surface area contributed by atoms with E-state index in [1.807, 2.05) is 6.07 Å². The molecule has 0 bridgehead atoms. The second kappa shape index (κ2) is 28.6. The number of hydrogen-bond acceptors (Lipinski definition) is 4. The molecule has 2 aromatic rings. The van der Waals surface area contributed by atoms with Gasteiger partial charge in [0.2, 0.25) is 11.8 Å². The first-order chi connectivity index (χ1) is 24.0. The molecule has 1 heterocycles. The highest BCUT2D eigenvalue weighted by atomic mass is 16.5. The van der Waals surface area contributed by atoms with Crippen LogP contribution in [0, 0.1) is 0 Å². The first-order valence-electron chi connectivity index (χ1n) is 19.8. The Kier molecular flexibility index (Phi) is 24.5. The van der Waals surface area contributed by atoms with Crippen LogP contribution in [0.2, 0.25) is 0 Å². The van der Waals surface area contributed by atoms with Crippen molar-refractivity contribution in [3.63, 3.8) is 0 Å². The SMILES string of the molecule is CCCCCCCCCCCC(=O)NCCCC[C@H](NC(=O)CCCCCCCCCC[n+]1ccc(-c2ccccc2)cc1)C(=O)OCC. The number of pyridine rings is 1. The van der Waals surface area contributed by atoms with Crippen LogP contribution in [0.5, 0.6) is 0 Å². The largest absolute Gasteiger partial charge is 0.464 e. The topological polar surface area (TPSA) is 88.4 Å². The molecule has 7 heteroatoms. The predicted molar refractivity (Wildman–Crippen MR) is 201 cm³/mol. The van der Waals surface area contributed by atoms with E-state index in [0.29, 0.717) is 32.4 Å². The van der Waals surface area contributed by atoms with Gasteiger partial charge in [0, 0.05) is 37.9 Å². The van der Waals surface area contributed by atoms with E-state index in [2.05, 4.69) is 70.9 Å². The van der Waals surface area contributed by atoms with E-state index in [9.17, 15) is 14.4 Å². The summed E-state index contributed by atoms with van der Waals surface area (Å²) in [5.74, 6) is -0.340. The zero-order chi connectivity index (χ0) is 35.2. The van der Waals surface area contributed by atoms with Crippen LogP contribution >= 0.6 is 0 Å². The fourth-order valence-corrected chi connectivity index (χ4v) is 6.21. The van der Waals surface area contributed by atoms with E-state index in [0.717, 1.165) is 51.5 Å². The molecule has 2 rings (SSSR count). The number of hydrogen-bond donors (Lipinski definition) is 2. The molecule has 0 unspecified atom stereocenters. The summed E-state index contributed by atoms with van der Waals surface area (Å²) in [5, 5.41) is 5.91. The fraction of sp³-hybridized carbons (Fsp3) is 0.667. The Morgan fingerprint density at radius 2 is 1.14 bits per heavy atom. The lowest BCUT2D eigenvalue weighted by Crippen LogP contribution is -2.41. The number of nitrogens with one attached hydrogen (secondary N) is 2. The molecule has 0 aliphatic carbocycles. The average molecular weight is 679 g/mol. The molecule has 0 saturated heterocycles.